The normalized spacial score (nSPS) is 20.0. The standard InChI is InChI=1S/C19H19FN6O2/c20-13-8-14-17(11-1-2-11)24-15-3-5-26-18(25-15)12(9-23-26)7-16(27)21-4-6-28-19(14)22-10-13/h3,5,8-11,17H,1-2,4,6-7H2,(H,21,27)(H,24,25). The second-order valence-corrected chi connectivity index (χ2v) is 7.13. The molecule has 2 N–H and O–H groups in total. The zero-order chi connectivity index (χ0) is 19.1. The molecule has 9 heteroatoms. The third-order valence-electron chi connectivity index (χ3n) is 5.03. The molecule has 0 saturated heterocycles. The van der Waals surface area contributed by atoms with Gasteiger partial charge in [0.1, 0.15) is 18.2 Å². The molecule has 2 aliphatic rings. The van der Waals surface area contributed by atoms with E-state index in [9.17, 15) is 9.18 Å². The third-order valence-corrected chi connectivity index (χ3v) is 5.03. The first-order valence-electron chi connectivity index (χ1n) is 9.32. The number of ether oxygens (including phenoxy) is 1. The van der Waals surface area contributed by atoms with Gasteiger partial charge in [-0.15, -0.1) is 0 Å². The summed E-state index contributed by atoms with van der Waals surface area (Å²) in [7, 11) is 0. The molecular formula is C19H19FN6O2. The van der Waals surface area contributed by atoms with Crippen LogP contribution in [0.3, 0.4) is 0 Å². The van der Waals surface area contributed by atoms with E-state index in [-0.39, 0.29) is 25.0 Å². The molecule has 1 saturated carbocycles. The molecule has 3 aromatic rings. The highest BCUT2D eigenvalue weighted by molar-refractivity contribution is 5.80. The average Bonchev–Trinajstić information content (AvgIpc) is 3.46. The number of nitrogens with zero attached hydrogens (tertiary/aromatic N) is 4. The van der Waals surface area contributed by atoms with Crippen molar-refractivity contribution in [2.45, 2.75) is 25.3 Å². The van der Waals surface area contributed by atoms with Crippen LogP contribution < -0.4 is 15.4 Å². The Morgan fingerprint density at radius 2 is 2.18 bits per heavy atom. The zero-order valence-corrected chi connectivity index (χ0v) is 15.1. The highest BCUT2D eigenvalue weighted by atomic mass is 19.1. The largest absolute Gasteiger partial charge is 0.476 e. The second-order valence-electron chi connectivity index (χ2n) is 7.13. The van der Waals surface area contributed by atoms with E-state index < -0.39 is 5.82 Å². The lowest BCUT2D eigenvalue weighted by molar-refractivity contribution is -0.120. The number of carbonyl (C=O) groups is 1. The van der Waals surface area contributed by atoms with Crippen LogP contribution in [0.2, 0.25) is 0 Å². The molecule has 8 nitrogen and oxygen atoms in total. The molecular weight excluding hydrogens is 363 g/mol. The fraction of sp³-hybridized carbons (Fsp3) is 0.368. The first kappa shape index (κ1) is 16.9. The molecule has 1 aliphatic heterocycles. The monoisotopic (exact) mass is 382 g/mol. The number of nitrogens with one attached hydrogen (secondary N) is 2. The van der Waals surface area contributed by atoms with Gasteiger partial charge in [-0.25, -0.2) is 18.9 Å². The lowest BCUT2D eigenvalue weighted by Crippen LogP contribution is -2.30. The lowest BCUT2D eigenvalue weighted by Gasteiger charge is -2.22. The molecule has 4 heterocycles. The van der Waals surface area contributed by atoms with Crippen LogP contribution in [-0.4, -0.2) is 38.6 Å². The molecule has 1 unspecified atom stereocenters. The van der Waals surface area contributed by atoms with E-state index in [0.717, 1.165) is 24.6 Å². The smallest absolute Gasteiger partial charge is 0.224 e. The van der Waals surface area contributed by atoms with Crippen LogP contribution in [0.5, 0.6) is 5.88 Å². The van der Waals surface area contributed by atoms with Gasteiger partial charge in [-0.1, -0.05) is 0 Å². The fourth-order valence-electron chi connectivity index (χ4n) is 3.52. The number of hydrogen-bond donors (Lipinski definition) is 2. The molecule has 1 aliphatic carbocycles. The van der Waals surface area contributed by atoms with Gasteiger partial charge < -0.3 is 15.4 Å². The summed E-state index contributed by atoms with van der Waals surface area (Å²) in [6.45, 7) is 0.582. The number of anilines is 1. The SMILES string of the molecule is O=C1Cc2cnn3ccc(nc23)NC(C2CC2)c2cc(F)cnc2OCCN1. The number of hydrogen-bond acceptors (Lipinski definition) is 6. The summed E-state index contributed by atoms with van der Waals surface area (Å²) in [5.41, 5.74) is 2.04. The minimum atomic E-state index is -0.411. The van der Waals surface area contributed by atoms with Gasteiger partial charge in [0.15, 0.2) is 5.65 Å². The summed E-state index contributed by atoms with van der Waals surface area (Å²) in [6, 6.07) is 3.13. The molecule has 1 atom stereocenters. The van der Waals surface area contributed by atoms with E-state index in [1.54, 1.807) is 16.9 Å². The average molecular weight is 382 g/mol. The van der Waals surface area contributed by atoms with Gasteiger partial charge in [0, 0.05) is 17.3 Å². The Kier molecular flexibility index (Phi) is 4.07. The van der Waals surface area contributed by atoms with Gasteiger partial charge in [-0.2, -0.15) is 5.10 Å². The summed E-state index contributed by atoms with van der Waals surface area (Å²) >= 11 is 0. The van der Waals surface area contributed by atoms with Crippen LogP contribution in [0.15, 0.2) is 30.7 Å². The van der Waals surface area contributed by atoms with E-state index in [0.29, 0.717) is 35.4 Å². The van der Waals surface area contributed by atoms with E-state index in [1.165, 1.54) is 6.07 Å². The Morgan fingerprint density at radius 3 is 3.04 bits per heavy atom. The predicted molar refractivity (Wildman–Crippen MR) is 98.5 cm³/mol. The Hall–Kier alpha value is -3.23. The molecule has 3 aromatic heterocycles. The lowest BCUT2D eigenvalue weighted by atomic mass is 10.0. The minimum Gasteiger partial charge on any atom is -0.476 e. The summed E-state index contributed by atoms with van der Waals surface area (Å²) in [5.74, 6) is 0.826. The van der Waals surface area contributed by atoms with Crippen molar-refractivity contribution in [2.75, 3.05) is 18.5 Å². The Balaban J connectivity index is 1.60. The fourth-order valence-corrected chi connectivity index (χ4v) is 3.52. The number of carbonyl (C=O) groups excluding carboxylic acids is 1. The van der Waals surface area contributed by atoms with Gasteiger partial charge in [0.25, 0.3) is 0 Å². The van der Waals surface area contributed by atoms with Gasteiger partial charge in [-0.3, -0.25) is 4.79 Å². The zero-order valence-electron chi connectivity index (χ0n) is 15.1. The van der Waals surface area contributed by atoms with Gasteiger partial charge in [-0.05, 0) is 30.9 Å². The maximum atomic E-state index is 14.0. The van der Waals surface area contributed by atoms with Crippen molar-refractivity contribution in [3.8, 4) is 5.88 Å². The summed E-state index contributed by atoms with van der Waals surface area (Å²) < 4.78 is 21.4. The third kappa shape index (κ3) is 3.23. The number of halogens is 1. The quantitative estimate of drug-likeness (QED) is 0.668. The van der Waals surface area contributed by atoms with Crippen molar-refractivity contribution >= 4 is 17.4 Å². The van der Waals surface area contributed by atoms with Crippen LogP contribution in [-0.2, 0) is 11.2 Å². The van der Waals surface area contributed by atoms with Crippen molar-refractivity contribution < 1.29 is 13.9 Å². The van der Waals surface area contributed by atoms with Crippen molar-refractivity contribution in [2.24, 2.45) is 5.92 Å². The molecule has 0 aromatic carbocycles. The van der Waals surface area contributed by atoms with E-state index in [4.69, 9.17) is 4.74 Å². The van der Waals surface area contributed by atoms with Crippen LogP contribution in [0.1, 0.15) is 30.0 Å². The minimum absolute atomic E-state index is 0.140. The Morgan fingerprint density at radius 1 is 1.29 bits per heavy atom. The Labute approximate surface area is 160 Å². The number of pyridine rings is 1. The predicted octanol–water partition coefficient (Wildman–Crippen LogP) is 1.88. The van der Waals surface area contributed by atoms with Crippen molar-refractivity contribution in [1.82, 2.24) is 24.9 Å². The molecule has 1 amide bonds. The molecule has 0 spiro atoms. The van der Waals surface area contributed by atoms with Gasteiger partial charge in [0.2, 0.25) is 11.8 Å². The molecule has 0 radical (unpaired) electrons. The number of amides is 1. The van der Waals surface area contributed by atoms with E-state index >= 15 is 0 Å². The van der Waals surface area contributed by atoms with Gasteiger partial charge >= 0.3 is 0 Å². The molecule has 1 fully saturated rings. The maximum Gasteiger partial charge on any atom is 0.224 e. The topological polar surface area (TPSA) is 93.4 Å². The number of aromatic nitrogens is 4. The summed E-state index contributed by atoms with van der Waals surface area (Å²) in [6.07, 6.45) is 6.87. The number of fused-ring (bicyclic) bond motifs is 2. The van der Waals surface area contributed by atoms with Crippen LogP contribution in [0, 0.1) is 11.7 Å². The first-order valence-corrected chi connectivity index (χ1v) is 9.32. The molecule has 28 heavy (non-hydrogen) atoms. The van der Waals surface area contributed by atoms with Crippen LogP contribution in [0.25, 0.3) is 5.65 Å². The summed E-state index contributed by atoms with van der Waals surface area (Å²) in [5, 5.41) is 10.5. The van der Waals surface area contributed by atoms with E-state index in [2.05, 4.69) is 25.7 Å². The Bertz CT molecular complexity index is 1050. The van der Waals surface area contributed by atoms with E-state index in [1.807, 2.05) is 6.07 Å². The van der Waals surface area contributed by atoms with Gasteiger partial charge in [0.05, 0.1) is 31.4 Å². The highest BCUT2D eigenvalue weighted by Gasteiger charge is 2.35. The van der Waals surface area contributed by atoms with Crippen molar-refractivity contribution in [3.63, 3.8) is 0 Å². The number of rotatable bonds is 1. The molecule has 2 bridgehead atoms. The van der Waals surface area contributed by atoms with Crippen molar-refractivity contribution in [1.29, 1.82) is 0 Å². The van der Waals surface area contributed by atoms with Crippen LogP contribution >= 0.6 is 0 Å². The summed E-state index contributed by atoms with van der Waals surface area (Å²) in [4.78, 5) is 21.0. The highest BCUT2D eigenvalue weighted by Crippen LogP contribution is 2.45. The van der Waals surface area contributed by atoms with Crippen molar-refractivity contribution in [3.05, 3.63) is 47.7 Å². The maximum absolute atomic E-state index is 14.0. The molecule has 5 rings (SSSR count). The molecule has 144 valence electrons. The first-order chi connectivity index (χ1) is 13.7. The second kappa shape index (κ2) is 6.74. The van der Waals surface area contributed by atoms with Crippen LogP contribution in [0.4, 0.5) is 10.2 Å².